The summed E-state index contributed by atoms with van der Waals surface area (Å²) in [5, 5.41) is 7.98. The normalized spacial score (nSPS) is 11.3. The van der Waals surface area contributed by atoms with Crippen molar-refractivity contribution in [2.75, 3.05) is 5.32 Å². The Kier molecular flexibility index (Phi) is 5.74. The zero-order valence-corrected chi connectivity index (χ0v) is 15.0. The molecule has 2 amide bonds. The molecule has 0 spiro atoms. The first-order valence-corrected chi connectivity index (χ1v) is 8.50. The van der Waals surface area contributed by atoms with E-state index < -0.39 is 23.4 Å². The Hall–Kier alpha value is -3.61. The first-order valence-electron chi connectivity index (χ1n) is 8.50. The highest BCUT2D eigenvalue weighted by Gasteiger charge is 2.11. The summed E-state index contributed by atoms with van der Waals surface area (Å²) in [5.41, 5.74) is 3.09. The fourth-order valence-corrected chi connectivity index (χ4v) is 2.69. The zero-order valence-electron chi connectivity index (χ0n) is 15.0. The summed E-state index contributed by atoms with van der Waals surface area (Å²) >= 11 is 0. The molecule has 0 aliphatic heterocycles. The molecule has 0 atom stereocenters. The van der Waals surface area contributed by atoms with Gasteiger partial charge < -0.3 is 5.32 Å². The van der Waals surface area contributed by atoms with Gasteiger partial charge in [-0.3, -0.25) is 9.59 Å². The molecule has 3 aromatic rings. The largest absolute Gasteiger partial charge is 0.323 e. The van der Waals surface area contributed by atoms with E-state index in [0.29, 0.717) is 17.3 Å². The molecule has 0 aliphatic rings. The number of nitrogens with zero attached hydrogens (tertiary/aromatic N) is 1. The van der Waals surface area contributed by atoms with Crippen LogP contribution >= 0.6 is 0 Å². The number of carbonyl (C=O) groups excluding carboxylic acids is 2. The number of hydrogen-bond donors (Lipinski definition) is 2. The lowest BCUT2D eigenvalue weighted by Gasteiger charge is -2.07. The van der Waals surface area contributed by atoms with Crippen LogP contribution in [0.2, 0.25) is 0 Å². The Bertz CT molecular complexity index is 1070. The minimum atomic E-state index is -0.868. The van der Waals surface area contributed by atoms with Crippen LogP contribution in [-0.4, -0.2) is 17.5 Å². The monoisotopic (exact) mass is 381 g/mol. The summed E-state index contributed by atoms with van der Waals surface area (Å²) < 4.78 is 26.5. The van der Waals surface area contributed by atoms with Crippen molar-refractivity contribution in [2.45, 2.75) is 13.3 Å². The Labute approximate surface area is 160 Å². The Morgan fingerprint density at radius 2 is 1.75 bits per heavy atom. The molecule has 7 heteroatoms. The van der Waals surface area contributed by atoms with Crippen LogP contribution in [0.4, 0.5) is 14.5 Å². The molecule has 0 saturated carbocycles. The number of nitrogens with one attached hydrogen (secondary N) is 2. The van der Waals surface area contributed by atoms with Gasteiger partial charge in [-0.2, -0.15) is 5.10 Å². The van der Waals surface area contributed by atoms with Gasteiger partial charge in [-0.15, -0.1) is 0 Å². The third kappa shape index (κ3) is 4.56. The maximum atomic E-state index is 13.6. The van der Waals surface area contributed by atoms with E-state index in [1.54, 1.807) is 19.1 Å². The van der Waals surface area contributed by atoms with E-state index >= 15 is 0 Å². The lowest BCUT2D eigenvalue weighted by atomic mass is 10.0. The van der Waals surface area contributed by atoms with Crippen molar-refractivity contribution in [3.8, 4) is 0 Å². The number of hydrogen-bond acceptors (Lipinski definition) is 3. The van der Waals surface area contributed by atoms with E-state index in [1.165, 1.54) is 0 Å². The summed E-state index contributed by atoms with van der Waals surface area (Å²) in [7, 11) is 0. The molecule has 3 aromatic carbocycles. The van der Waals surface area contributed by atoms with Crippen LogP contribution in [0, 0.1) is 11.6 Å². The van der Waals surface area contributed by atoms with E-state index in [4.69, 9.17) is 0 Å². The minimum Gasteiger partial charge on any atom is -0.323 e. The Morgan fingerprint density at radius 3 is 2.54 bits per heavy atom. The molecule has 0 heterocycles. The number of rotatable bonds is 5. The maximum Gasteiger partial charge on any atom is 0.271 e. The van der Waals surface area contributed by atoms with Crippen LogP contribution in [0.3, 0.4) is 0 Å². The van der Waals surface area contributed by atoms with Gasteiger partial charge in [-0.1, -0.05) is 36.4 Å². The van der Waals surface area contributed by atoms with Crippen LogP contribution in [0.5, 0.6) is 0 Å². The van der Waals surface area contributed by atoms with Crippen LogP contribution in [-0.2, 0) is 4.79 Å². The number of benzene rings is 3. The van der Waals surface area contributed by atoms with E-state index in [-0.39, 0.29) is 12.1 Å². The predicted octanol–water partition coefficient (Wildman–Crippen LogP) is 4.25. The standard InChI is InChI=1S/C21H17F2N3O2/c1-13(11-20(27)24-19-10-9-15(22)12-18(19)23)25-26-21(28)17-8-4-6-14-5-2-3-7-16(14)17/h2-10,12H,11H2,1H3,(H,24,27)(H,26,28). The van der Waals surface area contributed by atoms with Crippen LogP contribution in [0.15, 0.2) is 65.8 Å². The average molecular weight is 381 g/mol. The van der Waals surface area contributed by atoms with Crippen molar-refractivity contribution in [1.29, 1.82) is 0 Å². The maximum absolute atomic E-state index is 13.6. The lowest BCUT2D eigenvalue weighted by Crippen LogP contribution is -2.22. The van der Waals surface area contributed by atoms with E-state index in [0.717, 1.165) is 22.9 Å². The topological polar surface area (TPSA) is 70.6 Å². The molecule has 0 saturated heterocycles. The third-order valence-corrected chi connectivity index (χ3v) is 4.00. The molecule has 0 aliphatic carbocycles. The molecular weight excluding hydrogens is 364 g/mol. The van der Waals surface area contributed by atoms with Crippen molar-refractivity contribution in [1.82, 2.24) is 5.43 Å². The molecule has 28 heavy (non-hydrogen) atoms. The fraction of sp³-hybridized carbons (Fsp3) is 0.0952. The van der Waals surface area contributed by atoms with Crippen LogP contribution < -0.4 is 10.7 Å². The number of amides is 2. The Morgan fingerprint density at radius 1 is 1.00 bits per heavy atom. The summed E-state index contributed by atoms with van der Waals surface area (Å²) in [6.07, 6.45) is -0.160. The SMILES string of the molecule is CC(CC(=O)Nc1ccc(F)cc1F)=NNC(=O)c1cccc2ccccc12. The second-order valence-corrected chi connectivity index (χ2v) is 6.16. The number of hydrazone groups is 1. The molecule has 0 unspecified atom stereocenters. The smallest absolute Gasteiger partial charge is 0.271 e. The van der Waals surface area contributed by atoms with Gasteiger partial charge in [0.05, 0.1) is 12.1 Å². The quantitative estimate of drug-likeness (QED) is 0.512. The van der Waals surface area contributed by atoms with Gasteiger partial charge >= 0.3 is 0 Å². The lowest BCUT2D eigenvalue weighted by molar-refractivity contribution is -0.115. The van der Waals surface area contributed by atoms with Crippen molar-refractivity contribution >= 4 is 34.0 Å². The van der Waals surface area contributed by atoms with Crippen molar-refractivity contribution < 1.29 is 18.4 Å². The highest BCUT2D eigenvalue weighted by Crippen LogP contribution is 2.18. The number of halogens is 2. The van der Waals surface area contributed by atoms with Gasteiger partial charge in [0.25, 0.3) is 5.91 Å². The van der Waals surface area contributed by atoms with Crippen LogP contribution in [0.1, 0.15) is 23.7 Å². The fourth-order valence-electron chi connectivity index (χ4n) is 2.69. The van der Waals surface area contributed by atoms with E-state index in [1.807, 2.05) is 30.3 Å². The molecule has 2 N–H and O–H groups in total. The first kappa shape index (κ1) is 19.2. The number of fused-ring (bicyclic) bond motifs is 1. The van der Waals surface area contributed by atoms with Gasteiger partial charge in [-0.05, 0) is 35.9 Å². The summed E-state index contributed by atoms with van der Waals surface area (Å²) in [4.78, 5) is 24.4. The molecule has 0 radical (unpaired) electrons. The minimum absolute atomic E-state index is 0.126. The van der Waals surface area contributed by atoms with Gasteiger partial charge in [-0.25, -0.2) is 14.2 Å². The van der Waals surface area contributed by atoms with Crippen molar-refractivity contribution in [3.63, 3.8) is 0 Å². The number of anilines is 1. The van der Waals surface area contributed by atoms with Crippen molar-refractivity contribution in [3.05, 3.63) is 77.9 Å². The zero-order chi connectivity index (χ0) is 20.1. The van der Waals surface area contributed by atoms with E-state index in [2.05, 4.69) is 15.8 Å². The summed E-state index contributed by atoms with van der Waals surface area (Å²) in [6, 6.07) is 15.7. The van der Waals surface area contributed by atoms with E-state index in [9.17, 15) is 18.4 Å². The van der Waals surface area contributed by atoms with Crippen LogP contribution in [0.25, 0.3) is 10.8 Å². The van der Waals surface area contributed by atoms with Gasteiger partial charge in [0.1, 0.15) is 11.6 Å². The average Bonchev–Trinajstić information content (AvgIpc) is 2.68. The van der Waals surface area contributed by atoms with Gasteiger partial charge in [0.15, 0.2) is 0 Å². The molecule has 3 rings (SSSR count). The van der Waals surface area contributed by atoms with Crippen molar-refractivity contribution in [2.24, 2.45) is 5.10 Å². The summed E-state index contributed by atoms with van der Waals surface area (Å²) in [5.74, 6) is -2.54. The highest BCUT2D eigenvalue weighted by molar-refractivity contribution is 6.08. The van der Waals surface area contributed by atoms with Gasteiger partial charge in [0.2, 0.25) is 5.91 Å². The second kappa shape index (κ2) is 8.39. The first-order chi connectivity index (χ1) is 13.4. The third-order valence-electron chi connectivity index (χ3n) is 4.00. The molecule has 5 nitrogen and oxygen atoms in total. The number of carbonyl (C=O) groups is 2. The molecular formula is C21H17F2N3O2. The second-order valence-electron chi connectivity index (χ2n) is 6.16. The molecule has 0 aromatic heterocycles. The highest BCUT2D eigenvalue weighted by atomic mass is 19.1. The predicted molar refractivity (Wildman–Crippen MR) is 104 cm³/mol. The molecule has 0 bridgehead atoms. The van der Waals surface area contributed by atoms with Gasteiger partial charge in [0, 0.05) is 17.3 Å². The molecule has 142 valence electrons. The molecule has 0 fully saturated rings. The summed E-state index contributed by atoms with van der Waals surface area (Å²) in [6.45, 7) is 1.56. The Balaban J connectivity index is 1.63.